The second-order valence-corrected chi connectivity index (χ2v) is 11.7. The number of carbonyl (C=O) groups is 1. The first kappa shape index (κ1) is 27.2. The van der Waals surface area contributed by atoms with Crippen LogP contribution in [-0.2, 0) is 11.4 Å². The number of hydrogen-bond donors (Lipinski definition) is 0. The van der Waals surface area contributed by atoms with E-state index in [2.05, 4.69) is 37.3 Å². The van der Waals surface area contributed by atoms with Crippen LogP contribution in [0.4, 0.5) is 5.69 Å². The van der Waals surface area contributed by atoms with Gasteiger partial charge in [0, 0.05) is 6.04 Å². The maximum atomic E-state index is 13.8. The third kappa shape index (κ3) is 5.89. The zero-order chi connectivity index (χ0) is 28.2. The lowest BCUT2D eigenvalue weighted by Gasteiger charge is -2.35. The summed E-state index contributed by atoms with van der Waals surface area (Å²) in [6.45, 7) is 2.69. The Balaban J connectivity index is 1.26. The van der Waals surface area contributed by atoms with Crippen molar-refractivity contribution in [2.24, 2.45) is 10.9 Å². The van der Waals surface area contributed by atoms with Crippen LogP contribution in [0.1, 0.15) is 43.7 Å². The number of carbonyl (C=O) groups excluding carboxylic acids is 1. The summed E-state index contributed by atoms with van der Waals surface area (Å²) < 4.78 is 11.9. The summed E-state index contributed by atoms with van der Waals surface area (Å²) in [4.78, 5) is 21.4. The first-order chi connectivity index (χ1) is 20.1. The van der Waals surface area contributed by atoms with Crippen molar-refractivity contribution in [1.82, 2.24) is 4.90 Å². The molecule has 1 heterocycles. The van der Waals surface area contributed by atoms with E-state index in [1.54, 1.807) is 7.11 Å². The summed E-state index contributed by atoms with van der Waals surface area (Å²) in [6.07, 6.45) is 6.44. The van der Waals surface area contributed by atoms with Crippen molar-refractivity contribution in [3.63, 3.8) is 0 Å². The van der Waals surface area contributed by atoms with Crippen molar-refractivity contribution < 1.29 is 14.3 Å². The molecule has 0 spiro atoms. The van der Waals surface area contributed by atoms with E-state index in [9.17, 15) is 4.79 Å². The number of ether oxygens (including phenoxy) is 2. The predicted molar refractivity (Wildman–Crippen MR) is 169 cm³/mol. The van der Waals surface area contributed by atoms with E-state index in [-0.39, 0.29) is 11.9 Å². The van der Waals surface area contributed by atoms with Gasteiger partial charge in [-0.15, -0.1) is 0 Å². The quantitative estimate of drug-likeness (QED) is 0.212. The highest BCUT2D eigenvalue weighted by Crippen LogP contribution is 2.41. The van der Waals surface area contributed by atoms with Crippen molar-refractivity contribution in [3.8, 4) is 11.5 Å². The molecular weight excluding hydrogens is 528 g/mol. The minimum absolute atomic E-state index is 0.0266. The van der Waals surface area contributed by atoms with Crippen LogP contribution in [0.5, 0.6) is 11.5 Å². The molecule has 2 fully saturated rings. The van der Waals surface area contributed by atoms with E-state index in [0.717, 1.165) is 41.2 Å². The minimum atomic E-state index is 0.0266. The van der Waals surface area contributed by atoms with Crippen LogP contribution in [-0.4, -0.2) is 29.1 Å². The van der Waals surface area contributed by atoms with E-state index in [4.69, 9.17) is 14.5 Å². The summed E-state index contributed by atoms with van der Waals surface area (Å²) in [7, 11) is 1.64. The van der Waals surface area contributed by atoms with Gasteiger partial charge in [-0.25, -0.2) is 4.99 Å². The molecule has 1 saturated heterocycles. The first-order valence-electron chi connectivity index (χ1n) is 14.2. The van der Waals surface area contributed by atoms with Crippen LogP contribution in [0.2, 0.25) is 0 Å². The molecule has 0 unspecified atom stereocenters. The average Bonchev–Trinajstić information content (AvgIpc) is 3.30. The fourth-order valence-electron chi connectivity index (χ4n) is 5.77. The van der Waals surface area contributed by atoms with Gasteiger partial charge in [0.15, 0.2) is 16.7 Å². The van der Waals surface area contributed by atoms with Gasteiger partial charge in [0.2, 0.25) is 0 Å². The number of methoxy groups -OCH3 is 1. The second kappa shape index (κ2) is 12.2. The molecule has 5 nitrogen and oxygen atoms in total. The molecule has 2 atom stereocenters. The standard InChI is InChI=1S/C35H34N2O3S/c1-24-11-6-9-18-30(24)37-34(38)33(41-35(37)36-28-15-4-3-5-16-28)22-25-19-20-31(32(21-25)39-2)40-23-27-14-10-13-26-12-7-8-17-29(26)27/h3-5,7-8,10,12-17,19-22,24,30H,6,9,11,18,23H2,1-2H3/b33-22-,36-35?/t24-,30-/m0/s1. The first-order valence-corrected chi connectivity index (χ1v) is 15.1. The lowest BCUT2D eigenvalue weighted by molar-refractivity contribution is -0.124. The topological polar surface area (TPSA) is 51.1 Å². The Labute approximate surface area is 245 Å². The van der Waals surface area contributed by atoms with Crippen LogP contribution in [0.15, 0.2) is 101 Å². The van der Waals surface area contributed by atoms with Gasteiger partial charge in [0.05, 0.1) is 17.7 Å². The van der Waals surface area contributed by atoms with Crippen molar-refractivity contribution in [2.75, 3.05) is 7.11 Å². The zero-order valence-electron chi connectivity index (χ0n) is 23.5. The molecule has 4 aromatic carbocycles. The maximum absolute atomic E-state index is 13.8. The zero-order valence-corrected chi connectivity index (χ0v) is 24.3. The van der Waals surface area contributed by atoms with Gasteiger partial charge >= 0.3 is 0 Å². The molecule has 1 aliphatic carbocycles. The van der Waals surface area contributed by atoms with Crippen LogP contribution < -0.4 is 9.47 Å². The summed E-state index contributed by atoms with van der Waals surface area (Å²) in [5.41, 5.74) is 2.85. The summed E-state index contributed by atoms with van der Waals surface area (Å²) in [5, 5.41) is 3.12. The molecule has 208 valence electrons. The van der Waals surface area contributed by atoms with Crippen molar-refractivity contribution in [1.29, 1.82) is 0 Å². The van der Waals surface area contributed by atoms with E-state index < -0.39 is 0 Å². The van der Waals surface area contributed by atoms with Gasteiger partial charge in [-0.1, -0.05) is 86.5 Å². The fraction of sp³-hybridized carbons (Fsp3) is 0.257. The number of amidine groups is 1. The fourth-order valence-corrected chi connectivity index (χ4v) is 6.81. The van der Waals surface area contributed by atoms with Crippen LogP contribution in [0, 0.1) is 5.92 Å². The maximum Gasteiger partial charge on any atom is 0.267 e. The summed E-state index contributed by atoms with van der Waals surface area (Å²) in [5.74, 6) is 1.76. The Morgan fingerprint density at radius 3 is 2.54 bits per heavy atom. The highest BCUT2D eigenvalue weighted by atomic mass is 32.2. The Hall–Kier alpha value is -4.03. The number of nitrogens with zero attached hydrogens (tertiary/aromatic N) is 2. The molecule has 1 saturated carbocycles. The molecule has 1 aliphatic heterocycles. The molecule has 1 amide bonds. The van der Waals surface area contributed by atoms with Gasteiger partial charge < -0.3 is 9.47 Å². The molecule has 4 aromatic rings. The summed E-state index contributed by atoms with van der Waals surface area (Å²) in [6, 6.07) is 30.4. The lowest BCUT2D eigenvalue weighted by Crippen LogP contribution is -2.44. The molecule has 2 aliphatic rings. The highest BCUT2D eigenvalue weighted by molar-refractivity contribution is 8.18. The van der Waals surface area contributed by atoms with E-state index >= 15 is 0 Å². The predicted octanol–water partition coefficient (Wildman–Crippen LogP) is 8.61. The van der Waals surface area contributed by atoms with Crippen LogP contribution in [0.3, 0.4) is 0 Å². The average molecular weight is 563 g/mol. The van der Waals surface area contributed by atoms with Gasteiger partial charge in [0.25, 0.3) is 5.91 Å². The van der Waals surface area contributed by atoms with Crippen molar-refractivity contribution >= 4 is 45.4 Å². The van der Waals surface area contributed by atoms with Gasteiger partial charge in [-0.05, 0) is 82.8 Å². The molecule has 6 heteroatoms. The lowest BCUT2D eigenvalue weighted by atomic mass is 9.85. The molecule has 6 rings (SSSR count). The Kier molecular flexibility index (Phi) is 8.10. The van der Waals surface area contributed by atoms with Crippen LogP contribution in [0.25, 0.3) is 16.8 Å². The SMILES string of the molecule is COc1cc(/C=C2\SC(=Nc3ccccc3)N([C@H]3CCCC[C@@H]3C)C2=O)ccc1OCc1cccc2ccccc12. The second-order valence-electron chi connectivity index (χ2n) is 10.7. The number of para-hydroxylation sites is 1. The Morgan fingerprint density at radius 2 is 1.71 bits per heavy atom. The monoisotopic (exact) mass is 562 g/mol. The number of aliphatic imine (C=N–C) groups is 1. The number of thioether (sulfide) groups is 1. The summed E-state index contributed by atoms with van der Waals surface area (Å²) >= 11 is 1.45. The number of hydrogen-bond acceptors (Lipinski definition) is 5. The van der Waals surface area contributed by atoms with Gasteiger partial charge in [0.1, 0.15) is 6.61 Å². The molecule has 0 aromatic heterocycles. The Bertz CT molecular complexity index is 1610. The smallest absolute Gasteiger partial charge is 0.267 e. The molecule has 0 radical (unpaired) electrons. The number of amides is 1. The largest absolute Gasteiger partial charge is 0.493 e. The van der Waals surface area contributed by atoms with Gasteiger partial charge in [-0.3, -0.25) is 9.69 Å². The number of rotatable bonds is 7. The normalized spacial score (nSPS) is 21.1. The van der Waals surface area contributed by atoms with E-state index in [0.29, 0.717) is 28.9 Å². The third-order valence-corrected chi connectivity index (χ3v) is 8.95. The molecule has 0 bridgehead atoms. The molecule has 0 N–H and O–H groups in total. The highest BCUT2D eigenvalue weighted by Gasteiger charge is 2.41. The van der Waals surface area contributed by atoms with Gasteiger partial charge in [-0.2, -0.15) is 0 Å². The van der Waals surface area contributed by atoms with Crippen LogP contribution >= 0.6 is 11.8 Å². The molecular formula is C35H34N2O3S. The number of benzene rings is 4. The van der Waals surface area contributed by atoms with Crippen molar-refractivity contribution in [3.05, 3.63) is 107 Å². The molecule has 41 heavy (non-hydrogen) atoms. The Morgan fingerprint density at radius 1 is 0.927 bits per heavy atom. The minimum Gasteiger partial charge on any atom is -0.493 e. The van der Waals surface area contributed by atoms with E-state index in [1.165, 1.54) is 29.0 Å². The van der Waals surface area contributed by atoms with E-state index in [1.807, 2.05) is 71.6 Å². The third-order valence-electron chi connectivity index (χ3n) is 7.96. The van der Waals surface area contributed by atoms with Crippen molar-refractivity contribution in [2.45, 2.75) is 45.3 Å². The number of fused-ring (bicyclic) bond motifs is 1.